The van der Waals surface area contributed by atoms with E-state index < -0.39 is 0 Å². The number of thiophene rings is 1. The van der Waals surface area contributed by atoms with Crippen molar-refractivity contribution >= 4 is 38.9 Å². The molecular formula is C18H17NO2S2. The first-order valence-electron chi connectivity index (χ1n) is 7.60. The molecule has 0 N–H and O–H groups in total. The number of nitro groups is 1. The Bertz CT molecular complexity index is 828. The van der Waals surface area contributed by atoms with Crippen molar-refractivity contribution in [3.05, 3.63) is 58.6 Å². The first-order chi connectivity index (χ1) is 11.2. The van der Waals surface area contributed by atoms with Crippen LogP contribution in [0.5, 0.6) is 0 Å². The Labute approximate surface area is 143 Å². The molecule has 0 bridgehead atoms. The molecule has 0 saturated carbocycles. The number of thioether (sulfide) groups is 1. The molecule has 5 heteroatoms. The van der Waals surface area contributed by atoms with E-state index >= 15 is 0 Å². The number of hydrogen-bond acceptors (Lipinski definition) is 4. The second-order valence-electron chi connectivity index (χ2n) is 5.27. The first-order valence-corrected chi connectivity index (χ1v) is 9.40. The van der Waals surface area contributed by atoms with Gasteiger partial charge in [0.25, 0.3) is 0 Å². The second-order valence-corrected chi connectivity index (χ2v) is 7.69. The van der Waals surface area contributed by atoms with Gasteiger partial charge in [-0.15, -0.1) is 23.1 Å². The summed E-state index contributed by atoms with van der Waals surface area (Å²) in [5, 5.41) is 12.2. The molecule has 0 aliphatic carbocycles. The molecule has 2 aromatic carbocycles. The zero-order valence-electron chi connectivity index (χ0n) is 12.8. The topological polar surface area (TPSA) is 43.1 Å². The number of benzene rings is 2. The van der Waals surface area contributed by atoms with Crippen molar-refractivity contribution in [3.8, 4) is 11.1 Å². The smallest absolute Gasteiger partial charge is 0.258 e. The molecule has 0 aliphatic heterocycles. The molecule has 1 aromatic heterocycles. The van der Waals surface area contributed by atoms with E-state index in [2.05, 4.69) is 25.1 Å². The molecular weight excluding hydrogens is 326 g/mol. The zero-order valence-corrected chi connectivity index (χ0v) is 14.5. The van der Waals surface area contributed by atoms with Gasteiger partial charge in [-0.25, -0.2) is 0 Å². The van der Waals surface area contributed by atoms with Gasteiger partial charge in [0.15, 0.2) is 0 Å². The maximum atomic E-state index is 11.5. The summed E-state index contributed by atoms with van der Waals surface area (Å²) in [7, 11) is 0. The van der Waals surface area contributed by atoms with Crippen molar-refractivity contribution in [3.63, 3.8) is 0 Å². The van der Waals surface area contributed by atoms with Crippen molar-refractivity contribution in [1.82, 2.24) is 0 Å². The highest BCUT2D eigenvalue weighted by atomic mass is 32.2. The van der Waals surface area contributed by atoms with Gasteiger partial charge in [0.1, 0.15) is 4.21 Å². The molecule has 0 saturated heterocycles. The van der Waals surface area contributed by atoms with Crippen LogP contribution >= 0.6 is 23.1 Å². The number of nitrogens with zero attached hydrogens (tertiary/aromatic N) is 1. The third-order valence-electron chi connectivity index (χ3n) is 3.65. The van der Waals surface area contributed by atoms with Crippen LogP contribution in [0.25, 0.3) is 21.2 Å². The van der Waals surface area contributed by atoms with Gasteiger partial charge in [-0.05, 0) is 35.4 Å². The predicted molar refractivity (Wildman–Crippen MR) is 99.5 cm³/mol. The van der Waals surface area contributed by atoms with Crippen LogP contribution in [0.4, 0.5) is 5.69 Å². The summed E-state index contributed by atoms with van der Waals surface area (Å²) in [6.07, 6.45) is 2.18. The molecule has 0 aliphatic rings. The molecule has 0 radical (unpaired) electrons. The molecule has 0 atom stereocenters. The number of unbranched alkanes of at least 4 members (excludes halogenated alkanes) is 1. The largest absolute Gasteiger partial charge is 0.301 e. The van der Waals surface area contributed by atoms with E-state index in [9.17, 15) is 10.1 Å². The lowest BCUT2D eigenvalue weighted by Gasteiger charge is -2.00. The summed E-state index contributed by atoms with van der Waals surface area (Å²) in [5.74, 6) is 0.926. The van der Waals surface area contributed by atoms with Gasteiger partial charge in [0.05, 0.1) is 10.3 Å². The van der Waals surface area contributed by atoms with Gasteiger partial charge >= 0.3 is 5.69 Å². The second kappa shape index (κ2) is 7.15. The minimum atomic E-state index is -0.241. The lowest BCUT2D eigenvalue weighted by atomic mass is 10.0. The van der Waals surface area contributed by atoms with E-state index in [0.717, 1.165) is 44.0 Å². The molecule has 23 heavy (non-hydrogen) atoms. The monoisotopic (exact) mass is 343 g/mol. The van der Waals surface area contributed by atoms with Crippen LogP contribution < -0.4 is 0 Å². The Balaban J connectivity index is 2.04. The van der Waals surface area contributed by atoms with Crippen LogP contribution in [0.2, 0.25) is 0 Å². The van der Waals surface area contributed by atoms with Gasteiger partial charge in [-0.2, -0.15) is 0 Å². The molecule has 3 rings (SSSR count). The van der Waals surface area contributed by atoms with Crippen LogP contribution in [0.15, 0.2) is 52.7 Å². The quantitative estimate of drug-likeness (QED) is 0.226. The number of rotatable bonds is 6. The molecule has 0 spiro atoms. The van der Waals surface area contributed by atoms with Gasteiger partial charge < -0.3 is 0 Å². The van der Waals surface area contributed by atoms with Crippen LogP contribution in [0.1, 0.15) is 19.8 Å². The number of hydrogen-bond donors (Lipinski definition) is 0. The third kappa shape index (κ3) is 3.41. The Morgan fingerprint density at radius 3 is 2.61 bits per heavy atom. The maximum absolute atomic E-state index is 11.5. The Hall–Kier alpha value is -1.85. The SMILES string of the molecule is CCCCSc1sc2cc(-c3ccccc3)ccc2c1[N+](=O)[O-]. The van der Waals surface area contributed by atoms with Crippen molar-refractivity contribution in [1.29, 1.82) is 0 Å². The van der Waals surface area contributed by atoms with E-state index in [-0.39, 0.29) is 10.6 Å². The van der Waals surface area contributed by atoms with E-state index in [1.54, 1.807) is 11.8 Å². The Morgan fingerprint density at radius 2 is 1.91 bits per heavy atom. The highest BCUT2D eigenvalue weighted by Crippen LogP contribution is 2.44. The molecule has 0 fully saturated rings. The highest BCUT2D eigenvalue weighted by Gasteiger charge is 2.22. The van der Waals surface area contributed by atoms with Gasteiger partial charge in [0.2, 0.25) is 0 Å². The summed E-state index contributed by atoms with van der Waals surface area (Å²) >= 11 is 3.14. The number of fused-ring (bicyclic) bond motifs is 1. The molecule has 3 nitrogen and oxygen atoms in total. The lowest BCUT2D eigenvalue weighted by molar-refractivity contribution is -0.385. The minimum absolute atomic E-state index is 0.241. The summed E-state index contributed by atoms with van der Waals surface area (Å²) in [6.45, 7) is 2.13. The molecule has 118 valence electrons. The zero-order chi connectivity index (χ0) is 16.2. The highest BCUT2D eigenvalue weighted by molar-refractivity contribution is 8.01. The van der Waals surface area contributed by atoms with Crippen molar-refractivity contribution in [2.45, 2.75) is 24.0 Å². The molecule has 0 amide bonds. The fourth-order valence-electron chi connectivity index (χ4n) is 2.45. The van der Waals surface area contributed by atoms with Crippen LogP contribution in [-0.4, -0.2) is 10.7 Å². The van der Waals surface area contributed by atoms with Gasteiger partial charge in [-0.3, -0.25) is 10.1 Å². The van der Waals surface area contributed by atoms with Crippen molar-refractivity contribution in [2.24, 2.45) is 0 Å². The van der Waals surface area contributed by atoms with Crippen molar-refractivity contribution < 1.29 is 4.92 Å². The van der Waals surface area contributed by atoms with E-state index in [0.29, 0.717) is 0 Å². The lowest BCUT2D eigenvalue weighted by Crippen LogP contribution is -1.88. The average molecular weight is 343 g/mol. The van der Waals surface area contributed by atoms with Crippen molar-refractivity contribution in [2.75, 3.05) is 5.75 Å². The fourth-order valence-corrected chi connectivity index (χ4v) is 5.09. The summed E-state index contributed by atoms with van der Waals surface area (Å²) in [4.78, 5) is 11.2. The minimum Gasteiger partial charge on any atom is -0.258 e. The fraction of sp³-hybridized carbons (Fsp3) is 0.222. The van der Waals surface area contributed by atoms with E-state index in [1.807, 2.05) is 30.3 Å². The standard InChI is InChI=1S/C18H17NO2S2/c1-2-3-11-22-18-17(19(20)21)15-10-9-14(12-16(15)23-18)13-7-5-4-6-8-13/h4-10,12H,2-3,11H2,1H3. The summed E-state index contributed by atoms with van der Waals surface area (Å²) < 4.78 is 1.81. The molecule has 0 unspecified atom stereocenters. The Morgan fingerprint density at radius 1 is 1.13 bits per heavy atom. The van der Waals surface area contributed by atoms with Gasteiger partial charge in [-0.1, -0.05) is 49.7 Å². The van der Waals surface area contributed by atoms with E-state index in [1.165, 1.54) is 11.3 Å². The summed E-state index contributed by atoms with van der Waals surface area (Å²) in [5.41, 5.74) is 2.50. The first kappa shape index (κ1) is 16.0. The summed E-state index contributed by atoms with van der Waals surface area (Å²) in [6, 6.07) is 16.0. The van der Waals surface area contributed by atoms with Crippen LogP contribution in [0.3, 0.4) is 0 Å². The van der Waals surface area contributed by atoms with Gasteiger partial charge in [0, 0.05) is 4.70 Å². The Kier molecular flexibility index (Phi) is 4.98. The maximum Gasteiger partial charge on any atom is 0.301 e. The average Bonchev–Trinajstić information content (AvgIpc) is 2.93. The van der Waals surface area contributed by atoms with E-state index in [4.69, 9.17) is 0 Å². The normalized spacial score (nSPS) is 11.0. The van der Waals surface area contributed by atoms with Crippen LogP contribution in [-0.2, 0) is 0 Å². The molecule has 3 aromatic rings. The van der Waals surface area contributed by atoms with Crippen LogP contribution in [0, 0.1) is 10.1 Å². The molecule has 1 heterocycles. The predicted octanol–water partition coefficient (Wildman–Crippen LogP) is 6.37. The third-order valence-corrected chi connectivity index (χ3v) is 6.14.